The fraction of sp³-hybridized carbons (Fsp3) is 0.571. The molecule has 1 aliphatic rings. The van der Waals surface area contributed by atoms with E-state index in [1.54, 1.807) is 24.3 Å². The van der Waals surface area contributed by atoms with E-state index in [0.717, 1.165) is 31.6 Å². The second-order valence-electron chi connectivity index (χ2n) is 5.05. The van der Waals surface area contributed by atoms with Gasteiger partial charge in [0.1, 0.15) is 0 Å². The summed E-state index contributed by atoms with van der Waals surface area (Å²) in [6.07, 6.45) is 2.35. The molecule has 6 heteroatoms. The number of likely N-dealkylation sites (N-methyl/N-ethyl adjacent to an activating group) is 1. The Kier molecular flexibility index (Phi) is 5.35. The summed E-state index contributed by atoms with van der Waals surface area (Å²) in [5.74, 6) is 0. The van der Waals surface area contributed by atoms with E-state index < -0.39 is 5.51 Å². The van der Waals surface area contributed by atoms with Crippen LogP contribution in [0.2, 0.25) is 0 Å². The van der Waals surface area contributed by atoms with Crippen LogP contribution in [0.3, 0.4) is 0 Å². The standard InChI is InChI=1S/C14H19F3N2S/c1-18-12-3-2-8-19(10-12)9-11-4-6-13(7-5-11)20-14(15,16)17/h4-7,12,18H,2-3,8-10H2,1H3. The maximum absolute atomic E-state index is 12.2. The molecular weight excluding hydrogens is 285 g/mol. The van der Waals surface area contributed by atoms with Gasteiger partial charge in [0.25, 0.3) is 0 Å². The number of likely N-dealkylation sites (tertiary alicyclic amines) is 1. The highest BCUT2D eigenvalue weighted by Crippen LogP contribution is 2.36. The van der Waals surface area contributed by atoms with Gasteiger partial charge in [-0.05, 0) is 55.9 Å². The quantitative estimate of drug-likeness (QED) is 0.857. The third kappa shape index (κ3) is 5.00. The normalized spacial score (nSPS) is 21.1. The topological polar surface area (TPSA) is 15.3 Å². The summed E-state index contributed by atoms with van der Waals surface area (Å²) in [6.45, 7) is 2.85. The molecular formula is C14H19F3N2S. The summed E-state index contributed by atoms with van der Waals surface area (Å²) >= 11 is -0.0641. The fourth-order valence-electron chi connectivity index (χ4n) is 2.49. The van der Waals surface area contributed by atoms with Gasteiger partial charge in [-0.1, -0.05) is 12.1 Å². The summed E-state index contributed by atoms with van der Waals surface area (Å²) in [6, 6.07) is 7.19. The first-order valence-electron chi connectivity index (χ1n) is 6.70. The van der Waals surface area contributed by atoms with Gasteiger partial charge in [-0.3, -0.25) is 4.90 Å². The Morgan fingerprint density at radius 2 is 2.00 bits per heavy atom. The first-order chi connectivity index (χ1) is 9.46. The van der Waals surface area contributed by atoms with Crippen molar-refractivity contribution in [2.45, 2.75) is 35.8 Å². The molecule has 1 aromatic rings. The van der Waals surface area contributed by atoms with Crippen LogP contribution in [0, 0.1) is 0 Å². The third-order valence-corrected chi connectivity index (χ3v) is 4.22. The van der Waals surface area contributed by atoms with Gasteiger partial charge in [-0.15, -0.1) is 0 Å². The number of alkyl halides is 3. The van der Waals surface area contributed by atoms with Crippen molar-refractivity contribution >= 4 is 11.8 Å². The highest BCUT2D eigenvalue weighted by atomic mass is 32.2. The lowest BCUT2D eigenvalue weighted by Crippen LogP contribution is -2.43. The molecule has 20 heavy (non-hydrogen) atoms. The molecule has 1 aromatic carbocycles. The predicted octanol–water partition coefficient (Wildman–Crippen LogP) is 3.48. The lowest BCUT2D eigenvalue weighted by Gasteiger charge is -2.32. The molecule has 0 aliphatic carbocycles. The zero-order valence-corrected chi connectivity index (χ0v) is 12.2. The Morgan fingerprint density at radius 3 is 2.60 bits per heavy atom. The first-order valence-corrected chi connectivity index (χ1v) is 7.52. The van der Waals surface area contributed by atoms with E-state index in [-0.39, 0.29) is 16.7 Å². The number of hydrogen-bond donors (Lipinski definition) is 1. The molecule has 0 bridgehead atoms. The van der Waals surface area contributed by atoms with Gasteiger partial charge >= 0.3 is 5.51 Å². The lowest BCUT2D eigenvalue weighted by atomic mass is 10.1. The molecule has 1 saturated heterocycles. The summed E-state index contributed by atoms with van der Waals surface area (Å²) in [7, 11) is 1.97. The molecule has 112 valence electrons. The monoisotopic (exact) mass is 304 g/mol. The van der Waals surface area contributed by atoms with Gasteiger partial charge in [-0.2, -0.15) is 13.2 Å². The molecule has 1 aliphatic heterocycles. The molecule has 0 spiro atoms. The predicted molar refractivity (Wildman–Crippen MR) is 75.7 cm³/mol. The van der Waals surface area contributed by atoms with Crippen molar-refractivity contribution in [3.8, 4) is 0 Å². The highest BCUT2D eigenvalue weighted by Gasteiger charge is 2.29. The van der Waals surface area contributed by atoms with Crippen molar-refractivity contribution in [2.75, 3.05) is 20.1 Å². The van der Waals surface area contributed by atoms with Crippen molar-refractivity contribution in [2.24, 2.45) is 0 Å². The van der Waals surface area contributed by atoms with Crippen molar-refractivity contribution in [3.63, 3.8) is 0 Å². The minimum Gasteiger partial charge on any atom is -0.316 e. The summed E-state index contributed by atoms with van der Waals surface area (Å²) in [5.41, 5.74) is -3.15. The van der Waals surface area contributed by atoms with E-state index in [1.807, 2.05) is 7.05 Å². The Labute approximate surface area is 121 Å². The first kappa shape index (κ1) is 15.7. The van der Waals surface area contributed by atoms with Crippen LogP contribution in [0.1, 0.15) is 18.4 Å². The van der Waals surface area contributed by atoms with Gasteiger partial charge < -0.3 is 5.32 Å². The summed E-state index contributed by atoms with van der Waals surface area (Å²) in [4.78, 5) is 2.59. The SMILES string of the molecule is CNC1CCCN(Cc2ccc(SC(F)(F)F)cc2)C1. The van der Waals surface area contributed by atoms with Gasteiger partial charge in [0.15, 0.2) is 0 Å². The van der Waals surface area contributed by atoms with Crippen molar-refractivity contribution in [3.05, 3.63) is 29.8 Å². The minimum absolute atomic E-state index is 0.0641. The van der Waals surface area contributed by atoms with Crippen LogP contribution in [0.4, 0.5) is 13.2 Å². The molecule has 0 aromatic heterocycles. The number of hydrogen-bond acceptors (Lipinski definition) is 3. The number of nitrogens with one attached hydrogen (secondary N) is 1. The van der Waals surface area contributed by atoms with Gasteiger partial charge in [0.2, 0.25) is 0 Å². The molecule has 0 radical (unpaired) electrons. The Balaban J connectivity index is 1.90. The fourth-order valence-corrected chi connectivity index (χ4v) is 3.03. The molecule has 1 heterocycles. The number of rotatable bonds is 4. The lowest BCUT2D eigenvalue weighted by molar-refractivity contribution is -0.0328. The number of benzene rings is 1. The van der Waals surface area contributed by atoms with E-state index in [9.17, 15) is 13.2 Å². The Bertz CT molecular complexity index is 419. The third-order valence-electron chi connectivity index (χ3n) is 3.48. The highest BCUT2D eigenvalue weighted by molar-refractivity contribution is 8.00. The van der Waals surface area contributed by atoms with E-state index in [2.05, 4.69) is 10.2 Å². The van der Waals surface area contributed by atoms with E-state index in [4.69, 9.17) is 0 Å². The van der Waals surface area contributed by atoms with Crippen LogP contribution in [0.5, 0.6) is 0 Å². The smallest absolute Gasteiger partial charge is 0.316 e. The van der Waals surface area contributed by atoms with E-state index in [1.165, 1.54) is 6.42 Å². The number of piperidine rings is 1. The summed E-state index contributed by atoms with van der Waals surface area (Å²) in [5, 5.41) is 3.28. The van der Waals surface area contributed by atoms with Crippen molar-refractivity contribution in [1.82, 2.24) is 10.2 Å². The van der Waals surface area contributed by atoms with Crippen molar-refractivity contribution < 1.29 is 13.2 Å². The van der Waals surface area contributed by atoms with Gasteiger partial charge in [0, 0.05) is 24.0 Å². The van der Waals surface area contributed by atoms with Crippen LogP contribution in [0.15, 0.2) is 29.2 Å². The van der Waals surface area contributed by atoms with Crippen molar-refractivity contribution in [1.29, 1.82) is 0 Å². The van der Waals surface area contributed by atoms with Gasteiger partial charge in [0.05, 0.1) is 0 Å². The molecule has 1 N–H and O–H groups in total. The molecule has 0 amide bonds. The summed E-state index contributed by atoms with van der Waals surface area (Å²) < 4.78 is 36.7. The van der Waals surface area contributed by atoms with Crippen LogP contribution >= 0.6 is 11.8 Å². The van der Waals surface area contributed by atoms with E-state index in [0.29, 0.717) is 6.04 Å². The average molecular weight is 304 g/mol. The number of halogens is 3. The Morgan fingerprint density at radius 1 is 1.30 bits per heavy atom. The second kappa shape index (κ2) is 6.83. The molecule has 2 nitrogen and oxygen atoms in total. The molecule has 1 fully saturated rings. The number of thioether (sulfide) groups is 1. The number of nitrogens with zero attached hydrogens (tertiary/aromatic N) is 1. The van der Waals surface area contributed by atoms with Gasteiger partial charge in [-0.25, -0.2) is 0 Å². The van der Waals surface area contributed by atoms with E-state index >= 15 is 0 Å². The largest absolute Gasteiger partial charge is 0.446 e. The van der Waals surface area contributed by atoms with Crippen LogP contribution in [-0.4, -0.2) is 36.6 Å². The average Bonchev–Trinajstić information content (AvgIpc) is 2.40. The minimum atomic E-state index is -4.21. The maximum atomic E-state index is 12.2. The zero-order valence-electron chi connectivity index (χ0n) is 11.4. The van der Waals surface area contributed by atoms with Crippen LogP contribution in [-0.2, 0) is 6.54 Å². The maximum Gasteiger partial charge on any atom is 0.446 e. The Hall–Kier alpha value is -0.720. The molecule has 2 rings (SSSR count). The molecule has 1 unspecified atom stereocenters. The van der Waals surface area contributed by atoms with Crippen LogP contribution in [0.25, 0.3) is 0 Å². The molecule has 0 saturated carbocycles. The second-order valence-corrected chi connectivity index (χ2v) is 6.19. The molecule has 1 atom stereocenters. The zero-order chi connectivity index (χ0) is 14.6. The van der Waals surface area contributed by atoms with Crippen LogP contribution < -0.4 is 5.32 Å².